The van der Waals surface area contributed by atoms with Crippen LogP contribution in [0, 0.1) is 0 Å². The summed E-state index contributed by atoms with van der Waals surface area (Å²) in [7, 11) is 0. The van der Waals surface area contributed by atoms with Crippen LogP contribution in [0.3, 0.4) is 0 Å². The summed E-state index contributed by atoms with van der Waals surface area (Å²) >= 11 is 5.50. The van der Waals surface area contributed by atoms with E-state index in [0.29, 0.717) is 5.56 Å². The monoisotopic (exact) mass is 252 g/mol. The summed E-state index contributed by atoms with van der Waals surface area (Å²) in [6.45, 7) is 0.765. The number of fused-ring (bicyclic) bond motifs is 1. The van der Waals surface area contributed by atoms with E-state index in [2.05, 4.69) is 0 Å². The molecule has 0 unspecified atom stereocenters. The molecule has 0 saturated carbocycles. The Hall–Kier alpha value is -1.02. The molecule has 17 heavy (non-hydrogen) atoms. The van der Waals surface area contributed by atoms with Gasteiger partial charge in [-0.3, -0.25) is 4.79 Å². The average molecular weight is 253 g/mol. The van der Waals surface area contributed by atoms with E-state index in [1.54, 1.807) is 6.07 Å². The molecular formula is C14H17ClO2. The summed E-state index contributed by atoms with van der Waals surface area (Å²) in [6.07, 6.45) is 6.98. The molecule has 1 aliphatic heterocycles. The van der Waals surface area contributed by atoms with Crippen molar-refractivity contribution in [1.29, 1.82) is 0 Å². The summed E-state index contributed by atoms with van der Waals surface area (Å²) in [5.74, 6) is 0.911. The normalized spacial score (nSPS) is 16.8. The molecule has 92 valence electrons. The Balaban J connectivity index is 2.22. The van der Waals surface area contributed by atoms with Gasteiger partial charge in [0, 0.05) is 5.56 Å². The summed E-state index contributed by atoms with van der Waals surface area (Å²) in [5, 5.41) is -0.398. The van der Waals surface area contributed by atoms with Crippen molar-refractivity contribution in [3.8, 4) is 5.75 Å². The topological polar surface area (TPSA) is 26.3 Å². The molecule has 2 nitrogen and oxygen atoms in total. The molecule has 0 N–H and O–H groups in total. The molecule has 0 atom stereocenters. The van der Waals surface area contributed by atoms with Gasteiger partial charge in [0.25, 0.3) is 5.24 Å². The Labute approximate surface area is 107 Å². The highest BCUT2D eigenvalue weighted by atomic mass is 35.5. The van der Waals surface area contributed by atoms with E-state index in [0.717, 1.165) is 37.2 Å². The Morgan fingerprint density at radius 2 is 1.88 bits per heavy atom. The Bertz CT molecular complexity index is 401. The van der Waals surface area contributed by atoms with Crippen molar-refractivity contribution in [2.45, 2.75) is 38.5 Å². The van der Waals surface area contributed by atoms with Gasteiger partial charge < -0.3 is 4.74 Å². The molecule has 0 fully saturated rings. The van der Waals surface area contributed by atoms with E-state index in [1.165, 1.54) is 19.3 Å². The highest BCUT2D eigenvalue weighted by Crippen LogP contribution is 2.25. The highest BCUT2D eigenvalue weighted by Gasteiger charge is 2.10. The van der Waals surface area contributed by atoms with Crippen molar-refractivity contribution in [3.63, 3.8) is 0 Å². The van der Waals surface area contributed by atoms with Crippen LogP contribution in [-0.4, -0.2) is 11.8 Å². The number of rotatable bonds is 1. The third-order valence-corrected chi connectivity index (χ3v) is 3.35. The van der Waals surface area contributed by atoms with Gasteiger partial charge in [-0.1, -0.05) is 19.3 Å². The molecule has 3 heteroatoms. The van der Waals surface area contributed by atoms with Crippen molar-refractivity contribution in [1.82, 2.24) is 0 Å². The molecule has 0 amide bonds. The molecule has 1 aromatic carbocycles. The second-order valence-corrected chi connectivity index (χ2v) is 4.81. The van der Waals surface area contributed by atoms with Gasteiger partial charge in [-0.25, -0.2) is 0 Å². The van der Waals surface area contributed by atoms with Gasteiger partial charge in [0.15, 0.2) is 0 Å². The Morgan fingerprint density at radius 1 is 1.12 bits per heavy atom. The molecule has 0 aromatic heterocycles. The van der Waals surface area contributed by atoms with Crippen LogP contribution in [0.15, 0.2) is 18.2 Å². The third kappa shape index (κ3) is 3.47. The number of hydrogen-bond donors (Lipinski definition) is 0. The number of carbonyl (C=O) groups excluding carboxylic acids is 1. The lowest BCUT2D eigenvalue weighted by Crippen LogP contribution is -2.04. The van der Waals surface area contributed by atoms with E-state index in [4.69, 9.17) is 16.3 Å². The quantitative estimate of drug-likeness (QED) is 0.708. The van der Waals surface area contributed by atoms with Gasteiger partial charge in [-0.05, 0) is 54.6 Å². The van der Waals surface area contributed by atoms with E-state index in [1.807, 2.05) is 12.1 Å². The summed E-state index contributed by atoms with van der Waals surface area (Å²) < 4.78 is 5.74. The van der Waals surface area contributed by atoms with Crippen LogP contribution < -0.4 is 4.74 Å². The SMILES string of the molecule is O=C(Cl)c1ccc2c(c1)CCCCCCCO2. The number of hydrogen-bond acceptors (Lipinski definition) is 2. The first-order valence-electron chi connectivity index (χ1n) is 6.23. The largest absolute Gasteiger partial charge is 0.493 e. The molecule has 1 aliphatic rings. The fraction of sp³-hybridized carbons (Fsp3) is 0.500. The maximum absolute atomic E-state index is 11.1. The maximum Gasteiger partial charge on any atom is 0.252 e. The van der Waals surface area contributed by atoms with E-state index in [-0.39, 0.29) is 0 Å². The lowest BCUT2D eigenvalue weighted by molar-refractivity contribution is 0.108. The Morgan fingerprint density at radius 3 is 2.71 bits per heavy atom. The molecule has 0 spiro atoms. The van der Waals surface area contributed by atoms with Crippen molar-refractivity contribution in [3.05, 3.63) is 29.3 Å². The van der Waals surface area contributed by atoms with Gasteiger partial charge in [0.2, 0.25) is 0 Å². The number of carbonyl (C=O) groups is 1. The van der Waals surface area contributed by atoms with Crippen molar-refractivity contribution >= 4 is 16.8 Å². The zero-order chi connectivity index (χ0) is 12.1. The number of halogens is 1. The maximum atomic E-state index is 11.1. The molecule has 1 aromatic rings. The minimum absolute atomic E-state index is 0.398. The van der Waals surface area contributed by atoms with Crippen molar-refractivity contribution in [2.75, 3.05) is 6.61 Å². The predicted octanol–water partition coefficient (Wildman–Crippen LogP) is 3.95. The van der Waals surface area contributed by atoms with Crippen molar-refractivity contribution in [2.24, 2.45) is 0 Å². The molecule has 0 radical (unpaired) electrons. The molecule has 2 rings (SSSR count). The van der Waals surface area contributed by atoms with Crippen LogP contribution in [0.5, 0.6) is 5.75 Å². The van der Waals surface area contributed by atoms with Crippen LogP contribution in [0.25, 0.3) is 0 Å². The smallest absolute Gasteiger partial charge is 0.252 e. The van der Waals surface area contributed by atoms with Gasteiger partial charge in [0.05, 0.1) is 6.61 Å². The van der Waals surface area contributed by atoms with Gasteiger partial charge >= 0.3 is 0 Å². The summed E-state index contributed by atoms with van der Waals surface area (Å²) in [6, 6.07) is 5.47. The number of ether oxygens (including phenoxy) is 1. The standard InChI is InChI=1S/C14H17ClO2/c15-14(16)12-7-8-13-11(10-12)6-4-2-1-3-5-9-17-13/h7-8,10H,1-6,9H2. The first-order chi connectivity index (χ1) is 8.27. The van der Waals surface area contributed by atoms with E-state index in [9.17, 15) is 4.79 Å². The van der Waals surface area contributed by atoms with E-state index < -0.39 is 5.24 Å². The lowest BCUT2D eigenvalue weighted by atomic mass is 10.0. The molecule has 0 aliphatic carbocycles. The molecule has 0 bridgehead atoms. The van der Waals surface area contributed by atoms with E-state index >= 15 is 0 Å². The zero-order valence-electron chi connectivity index (χ0n) is 9.88. The second-order valence-electron chi connectivity index (χ2n) is 4.46. The van der Waals surface area contributed by atoms with Gasteiger partial charge in [-0.2, -0.15) is 0 Å². The summed E-state index contributed by atoms with van der Waals surface area (Å²) in [4.78, 5) is 11.1. The van der Waals surface area contributed by atoms with Gasteiger partial charge in [0.1, 0.15) is 5.75 Å². The number of benzene rings is 1. The average Bonchev–Trinajstić information content (AvgIpc) is 2.34. The first-order valence-corrected chi connectivity index (χ1v) is 6.61. The predicted molar refractivity (Wildman–Crippen MR) is 68.9 cm³/mol. The molecule has 0 saturated heterocycles. The fourth-order valence-electron chi connectivity index (χ4n) is 2.17. The minimum atomic E-state index is -0.398. The third-order valence-electron chi connectivity index (χ3n) is 3.14. The van der Waals surface area contributed by atoms with Crippen LogP contribution in [0.2, 0.25) is 0 Å². The van der Waals surface area contributed by atoms with Crippen LogP contribution >= 0.6 is 11.6 Å². The van der Waals surface area contributed by atoms with Gasteiger partial charge in [-0.15, -0.1) is 0 Å². The highest BCUT2D eigenvalue weighted by molar-refractivity contribution is 6.67. The number of aryl methyl sites for hydroxylation is 1. The van der Waals surface area contributed by atoms with Crippen LogP contribution in [0.1, 0.15) is 48.0 Å². The fourth-order valence-corrected chi connectivity index (χ4v) is 2.29. The van der Waals surface area contributed by atoms with Crippen LogP contribution in [0.4, 0.5) is 0 Å². The van der Waals surface area contributed by atoms with Crippen LogP contribution in [-0.2, 0) is 6.42 Å². The minimum Gasteiger partial charge on any atom is -0.493 e. The second kappa shape index (κ2) is 6.06. The zero-order valence-corrected chi connectivity index (χ0v) is 10.6. The summed E-state index contributed by atoms with van der Waals surface area (Å²) in [5.41, 5.74) is 1.67. The first kappa shape index (κ1) is 12.4. The van der Waals surface area contributed by atoms with Crippen molar-refractivity contribution < 1.29 is 9.53 Å². The Kier molecular flexibility index (Phi) is 4.43. The molecular weight excluding hydrogens is 236 g/mol. The molecule has 1 heterocycles. The lowest BCUT2D eigenvalue weighted by Gasteiger charge is -2.14.